The van der Waals surface area contributed by atoms with E-state index in [0.29, 0.717) is 18.5 Å². The van der Waals surface area contributed by atoms with E-state index in [9.17, 15) is 8.78 Å². The second-order valence-electron chi connectivity index (χ2n) is 4.75. The Kier molecular flexibility index (Phi) is 5.26. The standard InChI is InChI=1S/C16H16BrF2N/c1-20-10-13(11-2-4-14(17)5-3-11)8-12-9-15(18)6-7-16(12)19/h2-7,9,13,20H,8,10H2,1H3. The average Bonchev–Trinajstić information content (AvgIpc) is 2.43. The zero-order valence-corrected chi connectivity index (χ0v) is 12.8. The van der Waals surface area contributed by atoms with Crippen molar-refractivity contribution in [2.45, 2.75) is 12.3 Å². The molecule has 0 aliphatic rings. The molecule has 2 rings (SSSR count). The number of hydrogen-bond acceptors (Lipinski definition) is 1. The van der Waals surface area contributed by atoms with Gasteiger partial charge in [-0.1, -0.05) is 28.1 Å². The molecule has 4 heteroatoms. The third kappa shape index (κ3) is 3.87. The van der Waals surface area contributed by atoms with Crippen molar-refractivity contribution in [1.29, 1.82) is 0 Å². The molecule has 0 amide bonds. The molecule has 0 aromatic heterocycles. The van der Waals surface area contributed by atoms with E-state index in [1.807, 2.05) is 31.3 Å². The van der Waals surface area contributed by atoms with Crippen molar-refractivity contribution in [3.05, 3.63) is 69.7 Å². The Morgan fingerprint density at radius 1 is 1.10 bits per heavy atom. The van der Waals surface area contributed by atoms with Gasteiger partial charge in [-0.05, 0) is 54.9 Å². The van der Waals surface area contributed by atoms with Crippen molar-refractivity contribution < 1.29 is 8.78 Å². The summed E-state index contributed by atoms with van der Waals surface area (Å²) in [4.78, 5) is 0. The van der Waals surface area contributed by atoms with Crippen LogP contribution in [0, 0.1) is 11.6 Å². The van der Waals surface area contributed by atoms with Crippen LogP contribution in [0.3, 0.4) is 0 Å². The minimum Gasteiger partial charge on any atom is -0.319 e. The Hall–Kier alpha value is -1.26. The normalized spacial score (nSPS) is 12.4. The number of nitrogens with one attached hydrogen (secondary N) is 1. The first kappa shape index (κ1) is 15.1. The fourth-order valence-corrected chi connectivity index (χ4v) is 2.52. The van der Waals surface area contributed by atoms with Crippen molar-refractivity contribution in [3.63, 3.8) is 0 Å². The molecule has 2 aromatic rings. The number of benzene rings is 2. The molecular formula is C16H16BrF2N. The van der Waals surface area contributed by atoms with Gasteiger partial charge in [0.1, 0.15) is 11.6 Å². The molecule has 0 saturated carbocycles. The Morgan fingerprint density at radius 3 is 2.45 bits per heavy atom. The van der Waals surface area contributed by atoms with Gasteiger partial charge in [-0.15, -0.1) is 0 Å². The molecule has 0 heterocycles. The predicted molar refractivity (Wildman–Crippen MR) is 80.9 cm³/mol. The van der Waals surface area contributed by atoms with E-state index >= 15 is 0 Å². The van der Waals surface area contributed by atoms with Gasteiger partial charge in [-0.3, -0.25) is 0 Å². The van der Waals surface area contributed by atoms with E-state index in [2.05, 4.69) is 21.2 Å². The predicted octanol–water partition coefficient (Wildman–Crippen LogP) is 4.27. The summed E-state index contributed by atoms with van der Waals surface area (Å²) < 4.78 is 28.0. The van der Waals surface area contributed by atoms with Gasteiger partial charge in [0.15, 0.2) is 0 Å². The van der Waals surface area contributed by atoms with Crippen molar-refractivity contribution in [3.8, 4) is 0 Å². The molecule has 1 nitrogen and oxygen atoms in total. The molecule has 2 aromatic carbocycles. The summed E-state index contributed by atoms with van der Waals surface area (Å²) in [5, 5.41) is 3.11. The van der Waals surface area contributed by atoms with Gasteiger partial charge < -0.3 is 5.32 Å². The number of hydrogen-bond donors (Lipinski definition) is 1. The SMILES string of the molecule is CNCC(Cc1cc(F)ccc1F)c1ccc(Br)cc1. The summed E-state index contributed by atoms with van der Waals surface area (Å²) in [5.41, 5.74) is 1.51. The second kappa shape index (κ2) is 6.95. The maximum absolute atomic E-state index is 13.8. The summed E-state index contributed by atoms with van der Waals surface area (Å²) in [7, 11) is 1.85. The Balaban J connectivity index is 2.25. The largest absolute Gasteiger partial charge is 0.319 e. The zero-order chi connectivity index (χ0) is 14.5. The van der Waals surface area contributed by atoms with Gasteiger partial charge in [-0.25, -0.2) is 8.78 Å². The minimum atomic E-state index is -0.402. The van der Waals surface area contributed by atoms with Crippen LogP contribution in [0.5, 0.6) is 0 Å². The molecule has 1 unspecified atom stereocenters. The maximum atomic E-state index is 13.8. The fraction of sp³-hybridized carbons (Fsp3) is 0.250. The van der Waals surface area contributed by atoms with E-state index in [-0.39, 0.29) is 11.7 Å². The van der Waals surface area contributed by atoms with Crippen LogP contribution in [-0.2, 0) is 6.42 Å². The van der Waals surface area contributed by atoms with E-state index in [1.165, 1.54) is 12.1 Å². The summed E-state index contributed by atoms with van der Waals surface area (Å²) >= 11 is 3.40. The summed E-state index contributed by atoms with van der Waals surface area (Å²) in [5.74, 6) is -0.658. The van der Waals surface area contributed by atoms with Crippen LogP contribution in [0.15, 0.2) is 46.9 Å². The Labute approximate surface area is 126 Å². The first-order chi connectivity index (χ1) is 9.60. The first-order valence-corrected chi connectivity index (χ1v) is 7.23. The van der Waals surface area contributed by atoms with E-state index in [1.54, 1.807) is 0 Å². The van der Waals surface area contributed by atoms with Crippen LogP contribution < -0.4 is 5.32 Å². The highest BCUT2D eigenvalue weighted by Gasteiger charge is 2.14. The molecule has 0 aliphatic heterocycles. The number of rotatable bonds is 5. The van der Waals surface area contributed by atoms with Crippen LogP contribution >= 0.6 is 15.9 Å². The van der Waals surface area contributed by atoms with Gasteiger partial charge >= 0.3 is 0 Å². The fourth-order valence-electron chi connectivity index (χ4n) is 2.25. The van der Waals surface area contributed by atoms with Gasteiger partial charge in [-0.2, -0.15) is 0 Å². The summed E-state index contributed by atoms with van der Waals surface area (Å²) in [6, 6.07) is 11.5. The molecule has 0 saturated heterocycles. The molecule has 1 N–H and O–H groups in total. The molecule has 0 aliphatic carbocycles. The number of halogens is 3. The highest BCUT2D eigenvalue weighted by Crippen LogP contribution is 2.24. The van der Waals surface area contributed by atoms with Crippen LogP contribution in [-0.4, -0.2) is 13.6 Å². The molecule has 0 spiro atoms. The lowest BCUT2D eigenvalue weighted by atomic mass is 9.91. The molecule has 106 valence electrons. The van der Waals surface area contributed by atoms with Crippen LogP contribution in [0.2, 0.25) is 0 Å². The van der Waals surface area contributed by atoms with E-state index in [4.69, 9.17) is 0 Å². The highest BCUT2D eigenvalue weighted by atomic mass is 79.9. The Morgan fingerprint density at radius 2 is 1.80 bits per heavy atom. The minimum absolute atomic E-state index is 0.101. The quantitative estimate of drug-likeness (QED) is 0.857. The lowest BCUT2D eigenvalue weighted by Gasteiger charge is -2.18. The highest BCUT2D eigenvalue weighted by molar-refractivity contribution is 9.10. The molecule has 0 bridgehead atoms. The zero-order valence-electron chi connectivity index (χ0n) is 11.2. The lowest BCUT2D eigenvalue weighted by molar-refractivity contribution is 0.560. The molecule has 20 heavy (non-hydrogen) atoms. The van der Waals surface area contributed by atoms with Gasteiger partial charge in [0.05, 0.1) is 0 Å². The second-order valence-corrected chi connectivity index (χ2v) is 5.66. The lowest BCUT2D eigenvalue weighted by Crippen LogP contribution is -2.19. The van der Waals surface area contributed by atoms with Crippen LogP contribution in [0.1, 0.15) is 17.0 Å². The van der Waals surface area contributed by atoms with Crippen LogP contribution in [0.4, 0.5) is 8.78 Å². The third-order valence-electron chi connectivity index (χ3n) is 3.27. The third-order valence-corrected chi connectivity index (χ3v) is 3.79. The smallest absolute Gasteiger partial charge is 0.126 e. The van der Waals surface area contributed by atoms with Crippen molar-refractivity contribution >= 4 is 15.9 Å². The van der Waals surface area contributed by atoms with Crippen molar-refractivity contribution in [2.75, 3.05) is 13.6 Å². The molecular weight excluding hydrogens is 324 g/mol. The van der Waals surface area contributed by atoms with Gasteiger partial charge in [0.2, 0.25) is 0 Å². The van der Waals surface area contributed by atoms with Crippen molar-refractivity contribution in [1.82, 2.24) is 5.32 Å². The Bertz CT molecular complexity index is 569. The van der Waals surface area contributed by atoms with Crippen LogP contribution in [0.25, 0.3) is 0 Å². The summed E-state index contributed by atoms with van der Waals surface area (Å²) in [6.45, 7) is 0.706. The number of likely N-dealkylation sites (N-methyl/N-ethyl adjacent to an activating group) is 1. The first-order valence-electron chi connectivity index (χ1n) is 6.44. The van der Waals surface area contributed by atoms with Crippen molar-refractivity contribution in [2.24, 2.45) is 0 Å². The molecule has 0 fully saturated rings. The molecule has 0 radical (unpaired) electrons. The molecule has 1 atom stereocenters. The van der Waals surface area contributed by atoms with E-state index in [0.717, 1.165) is 16.1 Å². The van der Waals surface area contributed by atoms with Gasteiger partial charge in [0, 0.05) is 16.9 Å². The average molecular weight is 340 g/mol. The van der Waals surface area contributed by atoms with E-state index < -0.39 is 5.82 Å². The topological polar surface area (TPSA) is 12.0 Å². The monoisotopic (exact) mass is 339 g/mol. The van der Waals surface area contributed by atoms with Gasteiger partial charge in [0.25, 0.3) is 0 Å². The summed E-state index contributed by atoms with van der Waals surface area (Å²) in [6.07, 6.45) is 0.464. The maximum Gasteiger partial charge on any atom is 0.126 e.